The smallest absolute Gasteiger partial charge is 0.475 e. The molecule has 2 saturated heterocycles. The molecular weight excluding hydrogens is 587 g/mol. The van der Waals surface area contributed by atoms with Crippen LogP contribution in [0.5, 0.6) is 0 Å². The SMILES string of the molecule is CC(=O)N[C@H]1[C@H]([C@H](O)[C@H](O)CF)O[C@](OP(=O)(O)OC[C@H]2O[C@@H](n3ccc(N)nc3=O)[C@H](O)[C@@H]2O)(C(=O)O)[13CH2][C@@H]1O. The molecule has 41 heavy (non-hydrogen) atoms. The van der Waals surface area contributed by atoms with Gasteiger partial charge in [-0.15, -0.1) is 0 Å². The Bertz CT molecular complexity index is 1220. The number of carbonyl (C=O) groups excluding carboxylic acids is 1. The fourth-order valence-electron chi connectivity index (χ4n) is 4.30. The van der Waals surface area contributed by atoms with Crippen molar-refractivity contribution in [1.29, 1.82) is 0 Å². The van der Waals surface area contributed by atoms with Crippen LogP contribution in [-0.4, -0.2) is 125 Å². The van der Waals surface area contributed by atoms with Gasteiger partial charge in [0.25, 0.3) is 5.79 Å². The molecule has 1 aromatic heterocycles. The number of phosphoric ester groups is 1. The number of rotatable bonds is 11. The van der Waals surface area contributed by atoms with Crippen LogP contribution >= 0.6 is 7.82 Å². The number of carbonyl (C=O) groups is 2. The number of anilines is 1. The van der Waals surface area contributed by atoms with Crippen LogP contribution in [0.15, 0.2) is 17.1 Å². The molecule has 3 rings (SSSR count). The van der Waals surface area contributed by atoms with E-state index < -0.39 is 106 Å². The molecule has 19 nitrogen and oxygen atoms in total. The average Bonchev–Trinajstić information content (AvgIpc) is 3.16. The minimum Gasteiger partial charge on any atom is -0.477 e. The van der Waals surface area contributed by atoms with Crippen LogP contribution in [0.4, 0.5) is 10.2 Å². The van der Waals surface area contributed by atoms with Crippen molar-refractivity contribution in [1.82, 2.24) is 14.9 Å². The highest BCUT2D eigenvalue weighted by Crippen LogP contribution is 2.51. The van der Waals surface area contributed by atoms with Gasteiger partial charge in [-0.3, -0.25) is 13.9 Å². The molecule has 1 unspecified atom stereocenters. The fraction of sp³-hybridized carbons (Fsp3) is 0.700. The van der Waals surface area contributed by atoms with E-state index >= 15 is 0 Å². The van der Waals surface area contributed by atoms with E-state index in [1.165, 1.54) is 6.07 Å². The second-order valence-electron chi connectivity index (χ2n) is 9.29. The molecule has 21 heteroatoms. The van der Waals surface area contributed by atoms with E-state index in [0.717, 1.165) is 17.7 Å². The number of nitrogens with one attached hydrogen (secondary N) is 1. The molecule has 2 aliphatic rings. The molecule has 2 aliphatic heterocycles. The number of hydrogen-bond donors (Lipinski definition) is 9. The van der Waals surface area contributed by atoms with Crippen molar-refractivity contribution in [3.63, 3.8) is 0 Å². The number of carboxylic acids is 1. The first-order chi connectivity index (χ1) is 19.0. The number of halogens is 1. The molecule has 0 aromatic carbocycles. The number of aliphatic hydroxyl groups is 5. The summed E-state index contributed by atoms with van der Waals surface area (Å²) in [6.45, 7) is -1.59. The highest BCUT2D eigenvalue weighted by Gasteiger charge is 2.59. The summed E-state index contributed by atoms with van der Waals surface area (Å²) in [5, 5.41) is 63.2. The van der Waals surface area contributed by atoms with Gasteiger partial charge in [0.15, 0.2) is 6.23 Å². The molecule has 11 atom stereocenters. The molecule has 0 spiro atoms. The Hall–Kier alpha value is -2.62. The molecule has 0 bridgehead atoms. The lowest BCUT2D eigenvalue weighted by atomic mass is 9.95. The molecule has 0 aliphatic carbocycles. The number of hydrogen-bond acceptors (Lipinski definition) is 15. The Labute approximate surface area is 229 Å². The number of aromatic nitrogens is 2. The van der Waals surface area contributed by atoms with Crippen LogP contribution in [0.25, 0.3) is 0 Å². The van der Waals surface area contributed by atoms with Gasteiger partial charge in [-0.25, -0.2) is 23.1 Å². The summed E-state index contributed by atoms with van der Waals surface area (Å²) in [5.41, 5.74) is 4.45. The molecule has 2 fully saturated rings. The van der Waals surface area contributed by atoms with Gasteiger partial charge in [-0.1, -0.05) is 0 Å². The highest BCUT2D eigenvalue weighted by molar-refractivity contribution is 7.47. The second kappa shape index (κ2) is 12.7. The van der Waals surface area contributed by atoms with Crippen LogP contribution in [0, 0.1) is 0 Å². The maximum absolute atomic E-state index is 13.0. The monoisotopic (exact) mass is 617 g/mol. The third-order valence-corrected chi connectivity index (χ3v) is 7.29. The third-order valence-electron chi connectivity index (χ3n) is 6.29. The number of amides is 1. The van der Waals surface area contributed by atoms with Gasteiger partial charge in [-0.05, 0) is 6.07 Å². The van der Waals surface area contributed by atoms with Gasteiger partial charge in [0.1, 0.15) is 49.1 Å². The largest absolute Gasteiger partial charge is 0.477 e. The number of carboxylic acid groups (broad SMARTS) is 1. The predicted molar refractivity (Wildman–Crippen MR) is 127 cm³/mol. The van der Waals surface area contributed by atoms with Crippen LogP contribution < -0.4 is 16.7 Å². The molecule has 232 valence electrons. The molecule has 1 aromatic rings. The molecular formula is C20H30FN4O15P. The summed E-state index contributed by atoms with van der Waals surface area (Å²) in [4.78, 5) is 49.5. The lowest BCUT2D eigenvalue weighted by Crippen LogP contribution is -2.67. The Morgan fingerprint density at radius 2 is 2.00 bits per heavy atom. The van der Waals surface area contributed by atoms with E-state index in [1.807, 2.05) is 0 Å². The standard InChI is InChI=1S/C20H30FN4O15P/c1-7(26)23-12-8(27)4-20(18(32)33,39-16(12)13(29)9(28)5-21)40-41(35,36)37-6-10-14(30)15(31)17(38-10)25-3-2-11(22)24-19(25)34/h2-3,8-10,12-17,27-31H,4-6H2,1H3,(H,23,26)(H,32,33)(H,35,36)(H2,22,24,34)/t8-,9+,10+,12+,13+,14+,15+,16+,17+,20+/m0/s1/i4+1. The lowest BCUT2D eigenvalue weighted by Gasteiger charge is -2.46. The van der Waals surface area contributed by atoms with Gasteiger partial charge in [0.2, 0.25) is 5.91 Å². The quantitative estimate of drug-likeness (QED) is 0.0838. The van der Waals surface area contributed by atoms with Crippen LogP contribution in [-0.2, 0) is 32.7 Å². The van der Waals surface area contributed by atoms with Gasteiger partial charge in [-0.2, -0.15) is 4.98 Å². The number of aliphatic hydroxyl groups excluding tert-OH is 5. The average molecular weight is 617 g/mol. The minimum absolute atomic E-state index is 0.141. The van der Waals surface area contributed by atoms with Crippen molar-refractivity contribution in [2.75, 3.05) is 19.0 Å². The number of alkyl halides is 1. The molecule has 0 saturated carbocycles. The van der Waals surface area contributed by atoms with Crippen molar-refractivity contribution in [2.45, 2.75) is 74.1 Å². The summed E-state index contributed by atoms with van der Waals surface area (Å²) >= 11 is 0. The van der Waals surface area contributed by atoms with Crippen molar-refractivity contribution in [3.8, 4) is 0 Å². The number of nitrogen functional groups attached to an aromatic ring is 1. The topological polar surface area (TPSA) is 303 Å². The van der Waals surface area contributed by atoms with Gasteiger partial charge in [0, 0.05) is 19.5 Å². The van der Waals surface area contributed by atoms with Crippen LogP contribution in [0.1, 0.15) is 19.6 Å². The maximum atomic E-state index is 13.0. The predicted octanol–water partition coefficient (Wildman–Crippen LogP) is -4.29. The summed E-state index contributed by atoms with van der Waals surface area (Å²) in [5.74, 6) is -6.31. The fourth-order valence-corrected chi connectivity index (χ4v) is 5.26. The summed E-state index contributed by atoms with van der Waals surface area (Å²) in [7, 11) is -5.54. The Morgan fingerprint density at radius 1 is 1.34 bits per heavy atom. The highest BCUT2D eigenvalue weighted by atomic mass is 31.2. The Kier molecular flexibility index (Phi) is 10.2. The first-order valence-electron chi connectivity index (χ1n) is 11.8. The van der Waals surface area contributed by atoms with Crippen molar-refractivity contribution in [3.05, 3.63) is 22.7 Å². The van der Waals surface area contributed by atoms with Gasteiger partial charge >= 0.3 is 19.5 Å². The van der Waals surface area contributed by atoms with Gasteiger partial charge in [0.05, 0.1) is 18.8 Å². The van der Waals surface area contributed by atoms with Crippen molar-refractivity contribution >= 4 is 25.5 Å². The summed E-state index contributed by atoms with van der Waals surface area (Å²) in [6, 6.07) is -0.425. The number of aliphatic carboxylic acids is 1. The second-order valence-corrected chi connectivity index (χ2v) is 10.7. The first-order valence-corrected chi connectivity index (χ1v) is 13.3. The van der Waals surface area contributed by atoms with Crippen LogP contribution in [0.3, 0.4) is 0 Å². The summed E-state index contributed by atoms with van der Waals surface area (Å²) < 4.78 is 46.6. The van der Waals surface area contributed by atoms with E-state index in [4.69, 9.17) is 24.3 Å². The molecule has 1 amide bonds. The van der Waals surface area contributed by atoms with E-state index in [1.54, 1.807) is 0 Å². The van der Waals surface area contributed by atoms with Crippen molar-refractivity contribution in [2.24, 2.45) is 0 Å². The number of phosphoric acid groups is 1. The summed E-state index contributed by atoms with van der Waals surface area (Å²) in [6.07, 6.45) is -15.2. The molecule has 3 heterocycles. The molecule has 10 N–H and O–H groups in total. The van der Waals surface area contributed by atoms with E-state index in [-0.39, 0.29) is 5.82 Å². The molecule has 0 radical (unpaired) electrons. The number of nitrogens with zero attached hydrogens (tertiary/aromatic N) is 2. The zero-order chi connectivity index (χ0) is 30.9. The van der Waals surface area contributed by atoms with Crippen molar-refractivity contribution < 1.29 is 72.6 Å². The third kappa shape index (κ3) is 7.24. The number of ether oxygens (including phenoxy) is 2. The maximum Gasteiger partial charge on any atom is 0.475 e. The zero-order valence-electron chi connectivity index (χ0n) is 21.2. The zero-order valence-corrected chi connectivity index (χ0v) is 22.1. The Morgan fingerprint density at radius 3 is 2.56 bits per heavy atom. The van der Waals surface area contributed by atoms with E-state index in [0.29, 0.717) is 0 Å². The van der Waals surface area contributed by atoms with E-state index in [9.17, 15) is 58.9 Å². The van der Waals surface area contributed by atoms with Gasteiger partial charge < -0.3 is 56.1 Å². The normalized spacial score (nSPS) is 34.9. The minimum atomic E-state index is -5.54. The number of nitrogens with two attached hydrogens (primary N) is 1. The Balaban J connectivity index is 1.79. The lowest BCUT2D eigenvalue weighted by molar-refractivity contribution is -0.288. The van der Waals surface area contributed by atoms with Crippen LogP contribution in [0.2, 0.25) is 0 Å². The first kappa shape index (κ1) is 32.9. The van der Waals surface area contributed by atoms with E-state index in [2.05, 4.69) is 10.3 Å².